The number of hydrogen-bond acceptors (Lipinski definition) is 18. The lowest BCUT2D eigenvalue weighted by atomic mass is 10.1. The van der Waals surface area contributed by atoms with Gasteiger partial charge in [0.05, 0.1) is 12.9 Å². The molecule has 10 N–H and O–H groups in total. The van der Waals surface area contributed by atoms with E-state index in [4.69, 9.17) is 19.5 Å². The second-order valence-electron chi connectivity index (χ2n) is 11.9. The molecule has 4 aromatic heterocycles. The zero-order valence-corrected chi connectivity index (χ0v) is 28.9. The Morgan fingerprint density at radius 1 is 1.08 bits per heavy atom. The average molecular weight is 770 g/mol. The van der Waals surface area contributed by atoms with E-state index < -0.39 is 89.9 Å². The van der Waals surface area contributed by atoms with Gasteiger partial charge >= 0.3 is 27.4 Å². The predicted molar refractivity (Wildman–Crippen MR) is 174 cm³/mol. The monoisotopic (exact) mass is 769 g/mol. The SMILES string of the molecule is Cc1cc2nc3c(=O)[nH]c(=O)[nH]c3[n+](C[C@H](O)[C@H](O)[C@H](O)CO[P+](=O)OP(=O)(O)OC[C@H]3O[C@@H](n4cnc5c(N)ncnc54)[C@H](O)[C@@H]3O)c2cc1C. The van der Waals surface area contributed by atoms with Gasteiger partial charge < -0.3 is 36.0 Å². The maximum atomic E-state index is 12.5. The number of rotatable bonds is 13. The van der Waals surface area contributed by atoms with E-state index in [0.29, 0.717) is 11.0 Å². The van der Waals surface area contributed by atoms with E-state index in [1.54, 1.807) is 19.1 Å². The Morgan fingerprint density at radius 3 is 2.56 bits per heavy atom. The Hall–Kier alpha value is -4.22. The zero-order chi connectivity index (χ0) is 37.6. The number of aryl methyl sites for hydroxylation is 2. The molecular formula is C27H33N9O14P2+2. The molecule has 25 heteroatoms. The quantitative estimate of drug-likeness (QED) is 0.0342. The van der Waals surface area contributed by atoms with Gasteiger partial charge in [0.25, 0.3) is 5.56 Å². The Bertz CT molecular complexity index is 2340. The molecule has 0 saturated carbocycles. The summed E-state index contributed by atoms with van der Waals surface area (Å²) in [5.41, 5.74) is 6.61. The molecule has 52 heavy (non-hydrogen) atoms. The summed E-state index contributed by atoms with van der Waals surface area (Å²) < 4.78 is 47.0. The number of hydrogen-bond donors (Lipinski definition) is 9. The smallest absolute Gasteiger partial charge is 0.388 e. The number of phosphoric ester groups is 1. The summed E-state index contributed by atoms with van der Waals surface area (Å²) in [6.07, 6.45) is -9.19. The molecule has 23 nitrogen and oxygen atoms in total. The predicted octanol–water partition coefficient (Wildman–Crippen LogP) is -2.40. The van der Waals surface area contributed by atoms with Crippen molar-refractivity contribution in [2.75, 3.05) is 18.9 Å². The first kappa shape index (κ1) is 37.5. The van der Waals surface area contributed by atoms with Crippen LogP contribution in [0.2, 0.25) is 0 Å². The minimum absolute atomic E-state index is 0.0542. The fourth-order valence-electron chi connectivity index (χ4n) is 5.53. The standard InChI is InChI=1S/C27H31N9O14P2/c1-10-3-12-13(4-11(10)2)35(24-18(32-12)25(42)34-27(43)33-24)5-14(37)19(39)15(38)6-47-51(44)50-52(45,46)48-7-16-20(40)21(41)26(49-16)36-9-31-17-22(28)29-8-30-23(17)36/h3-4,8-9,14-16,19-21,26,37-41H,5-7H2,1-2H3,(H3-,28,29,30,34,42,43,45,46)/p+2/t14-,15+,16+,19-,20+,21+,26+/m0/s1. The number of anilines is 1. The molecule has 1 saturated heterocycles. The van der Waals surface area contributed by atoms with E-state index in [-0.39, 0.29) is 28.1 Å². The first-order valence-corrected chi connectivity index (χ1v) is 17.9. The fraction of sp³-hybridized carbons (Fsp3) is 0.444. The molecule has 5 aromatic rings. The Labute approximate surface area is 290 Å². The summed E-state index contributed by atoms with van der Waals surface area (Å²) >= 11 is 0. The van der Waals surface area contributed by atoms with Crippen molar-refractivity contribution in [3.8, 4) is 0 Å². The van der Waals surface area contributed by atoms with Crippen LogP contribution in [0.1, 0.15) is 17.4 Å². The number of nitrogens with two attached hydrogens (primary N) is 1. The lowest BCUT2D eigenvalue weighted by molar-refractivity contribution is -0.657. The molecule has 0 bridgehead atoms. The lowest BCUT2D eigenvalue weighted by Gasteiger charge is -2.21. The molecule has 2 unspecified atom stereocenters. The minimum atomic E-state index is -5.18. The zero-order valence-electron chi connectivity index (χ0n) is 27.1. The van der Waals surface area contributed by atoms with Crippen LogP contribution in [0.5, 0.6) is 0 Å². The number of aliphatic hydroxyl groups excluding tert-OH is 5. The van der Waals surface area contributed by atoms with Gasteiger partial charge in [-0.25, -0.2) is 33.9 Å². The molecule has 1 aliphatic rings. The van der Waals surface area contributed by atoms with Gasteiger partial charge in [-0.1, -0.05) is 0 Å². The van der Waals surface area contributed by atoms with Crippen molar-refractivity contribution in [1.82, 2.24) is 34.5 Å². The largest absolute Gasteiger partial charge is 0.708 e. The van der Waals surface area contributed by atoms with Gasteiger partial charge in [-0.15, -0.1) is 4.52 Å². The highest BCUT2D eigenvalue weighted by Crippen LogP contribution is 2.53. The summed E-state index contributed by atoms with van der Waals surface area (Å²) in [4.78, 5) is 55.4. The van der Waals surface area contributed by atoms with Crippen molar-refractivity contribution in [2.45, 2.75) is 63.2 Å². The molecule has 0 spiro atoms. The van der Waals surface area contributed by atoms with Crippen molar-refractivity contribution < 1.29 is 62.2 Å². The fourth-order valence-corrected chi connectivity index (χ4v) is 7.19. The van der Waals surface area contributed by atoms with Crippen molar-refractivity contribution in [2.24, 2.45) is 0 Å². The van der Waals surface area contributed by atoms with Gasteiger partial charge in [-0.2, -0.15) is 4.98 Å². The molecule has 1 aromatic carbocycles. The third-order valence-electron chi connectivity index (χ3n) is 8.36. The molecule has 0 aliphatic carbocycles. The van der Waals surface area contributed by atoms with Crippen molar-refractivity contribution in [3.05, 3.63) is 56.8 Å². The molecule has 1 aliphatic heterocycles. The van der Waals surface area contributed by atoms with Gasteiger partial charge in [0.1, 0.15) is 67.1 Å². The highest BCUT2D eigenvalue weighted by molar-refractivity contribution is 7.56. The maximum absolute atomic E-state index is 12.5. The molecule has 5 heterocycles. The number of H-pyrrole nitrogens is 2. The second kappa shape index (κ2) is 14.7. The van der Waals surface area contributed by atoms with E-state index in [2.05, 4.69) is 34.2 Å². The van der Waals surface area contributed by atoms with Crippen LogP contribution in [-0.4, -0.2) is 115 Å². The Morgan fingerprint density at radius 2 is 1.81 bits per heavy atom. The Balaban J connectivity index is 1.05. The second-order valence-corrected chi connectivity index (χ2v) is 14.4. The van der Waals surface area contributed by atoms with E-state index in [1.165, 1.54) is 15.5 Å². The molecule has 6 rings (SSSR count). The van der Waals surface area contributed by atoms with Gasteiger partial charge in [-0.3, -0.25) is 23.8 Å². The number of benzene rings is 1. The highest BCUT2D eigenvalue weighted by Gasteiger charge is 2.47. The topological polar surface area (TPSA) is 345 Å². The molecule has 1 fully saturated rings. The van der Waals surface area contributed by atoms with Gasteiger partial charge in [0, 0.05) is 4.57 Å². The van der Waals surface area contributed by atoms with Crippen molar-refractivity contribution in [1.29, 1.82) is 0 Å². The first-order chi connectivity index (χ1) is 24.5. The number of phosphoric acid groups is 1. The molecule has 0 radical (unpaired) electrons. The van der Waals surface area contributed by atoms with Crippen LogP contribution in [0.3, 0.4) is 0 Å². The molecular weight excluding hydrogens is 736 g/mol. The van der Waals surface area contributed by atoms with Crippen LogP contribution in [0, 0.1) is 13.8 Å². The van der Waals surface area contributed by atoms with Crippen LogP contribution in [0.15, 0.2) is 34.4 Å². The molecule has 0 amide bonds. The third-order valence-corrected chi connectivity index (χ3v) is 10.6. The Kier molecular flexibility index (Phi) is 10.6. The van der Waals surface area contributed by atoms with Crippen LogP contribution in [-0.2, 0) is 33.8 Å². The van der Waals surface area contributed by atoms with Gasteiger partial charge in [0.2, 0.25) is 5.52 Å². The van der Waals surface area contributed by atoms with Crippen molar-refractivity contribution >= 4 is 55.3 Å². The number of aromatic amines is 2. The average Bonchev–Trinajstić information content (AvgIpc) is 3.64. The third kappa shape index (κ3) is 7.48. The normalized spacial score (nSPS) is 22.5. The molecule has 9 atom stereocenters. The number of nitrogens with zero attached hydrogens (tertiary/aromatic N) is 6. The number of ether oxygens (including phenoxy) is 1. The number of nitrogens with one attached hydrogen (secondary N) is 2. The van der Waals surface area contributed by atoms with Crippen LogP contribution in [0.4, 0.5) is 5.82 Å². The lowest BCUT2D eigenvalue weighted by Crippen LogP contribution is -2.51. The summed E-state index contributed by atoms with van der Waals surface area (Å²) in [5.74, 6) is 0.0542. The van der Waals surface area contributed by atoms with E-state index in [1.807, 2.05) is 6.92 Å². The number of imidazole rings is 1. The van der Waals surface area contributed by atoms with Crippen LogP contribution in [0.25, 0.3) is 33.4 Å². The van der Waals surface area contributed by atoms with Gasteiger partial charge in [0.15, 0.2) is 23.2 Å². The summed E-state index contributed by atoms with van der Waals surface area (Å²) in [6, 6.07) is 3.38. The van der Waals surface area contributed by atoms with E-state index in [0.717, 1.165) is 17.5 Å². The molecule has 278 valence electrons. The van der Waals surface area contributed by atoms with E-state index >= 15 is 0 Å². The summed E-state index contributed by atoms with van der Waals surface area (Å²) in [6.45, 7) is 1.33. The maximum Gasteiger partial charge on any atom is 0.708 e. The summed E-state index contributed by atoms with van der Waals surface area (Å²) in [7, 11) is -8.66. The number of fused-ring (bicyclic) bond motifs is 3. The number of nitrogen functional groups attached to an aromatic ring is 1. The highest BCUT2D eigenvalue weighted by atomic mass is 31.2. The van der Waals surface area contributed by atoms with Crippen LogP contribution >= 0.6 is 16.1 Å². The number of aromatic nitrogens is 8. The first-order valence-electron chi connectivity index (χ1n) is 15.3. The van der Waals surface area contributed by atoms with E-state index in [9.17, 15) is 49.1 Å². The minimum Gasteiger partial charge on any atom is -0.388 e. The number of aliphatic hydroxyl groups is 5. The van der Waals surface area contributed by atoms with Gasteiger partial charge in [-0.05, 0) is 41.4 Å². The van der Waals surface area contributed by atoms with Crippen molar-refractivity contribution in [3.63, 3.8) is 0 Å². The summed E-state index contributed by atoms with van der Waals surface area (Å²) in [5, 5.41) is 53.0. The van der Waals surface area contributed by atoms with Crippen LogP contribution < -0.4 is 21.5 Å².